The molecular formula is C12H16N4. The van der Waals surface area contributed by atoms with Crippen molar-refractivity contribution < 1.29 is 0 Å². The van der Waals surface area contributed by atoms with E-state index in [0.29, 0.717) is 11.8 Å². The molecule has 2 N–H and O–H groups in total. The number of nitrogens with zero attached hydrogens (tertiary/aromatic N) is 3. The highest BCUT2D eigenvalue weighted by Crippen LogP contribution is 2.21. The summed E-state index contributed by atoms with van der Waals surface area (Å²) in [6, 6.07) is 8.26. The number of aromatic nitrogens is 3. The van der Waals surface area contributed by atoms with Crippen LogP contribution in [0.5, 0.6) is 0 Å². The van der Waals surface area contributed by atoms with E-state index in [9.17, 15) is 0 Å². The lowest BCUT2D eigenvalue weighted by atomic mass is 10.1. The lowest BCUT2D eigenvalue weighted by molar-refractivity contribution is 0.541. The lowest BCUT2D eigenvalue weighted by Crippen LogP contribution is -2.07. The zero-order chi connectivity index (χ0) is 11.7. The molecule has 1 heterocycles. The summed E-state index contributed by atoms with van der Waals surface area (Å²) in [5.41, 5.74) is 8.01. The van der Waals surface area contributed by atoms with Gasteiger partial charge in [-0.3, -0.25) is 0 Å². The molecule has 1 aromatic carbocycles. The third-order valence-electron chi connectivity index (χ3n) is 2.53. The van der Waals surface area contributed by atoms with Gasteiger partial charge in [-0.1, -0.05) is 24.3 Å². The van der Waals surface area contributed by atoms with Gasteiger partial charge in [0.15, 0.2) is 5.82 Å². The summed E-state index contributed by atoms with van der Waals surface area (Å²) in [5, 5.41) is 4.42. The summed E-state index contributed by atoms with van der Waals surface area (Å²) in [4.78, 5) is 4.29. The summed E-state index contributed by atoms with van der Waals surface area (Å²) in [6.07, 6.45) is 0. The van der Waals surface area contributed by atoms with Crippen molar-refractivity contribution in [2.75, 3.05) is 5.73 Å². The maximum atomic E-state index is 5.82. The van der Waals surface area contributed by atoms with E-state index >= 15 is 0 Å². The van der Waals surface area contributed by atoms with Crippen LogP contribution in [0.1, 0.15) is 25.5 Å². The summed E-state index contributed by atoms with van der Waals surface area (Å²) in [6.45, 7) is 6.11. The van der Waals surface area contributed by atoms with Crippen molar-refractivity contribution in [3.05, 3.63) is 29.8 Å². The Morgan fingerprint density at radius 1 is 1.25 bits per heavy atom. The quantitative estimate of drug-likeness (QED) is 0.838. The molecule has 2 aromatic rings. The van der Waals surface area contributed by atoms with Crippen molar-refractivity contribution in [2.24, 2.45) is 0 Å². The molecule has 4 nitrogen and oxygen atoms in total. The van der Waals surface area contributed by atoms with Gasteiger partial charge in [-0.2, -0.15) is 4.98 Å². The van der Waals surface area contributed by atoms with Crippen LogP contribution in [0.4, 0.5) is 5.95 Å². The average molecular weight is 216 g/mol. The van der Waals surface area contributed by atoms with E-state index in [1.807, 2.05) is 45.0 Å². The topological polar surface area (TPSA) is 56.7 Å². The first-order valence-electron chi connectivity index (χ1n) is 5.37. The number of nitrogen functional groups attached to an aromatic ring is 1. The highest BCUT2D eigenvalue weighted by atomic mass is 15.4. The molecule has 84 valence electrons. The van der Waals surface area contributed by atoms with Crippen molar-refractivity contribution in [3.8, 4) is 11.4 Å². The van der Waals surface area contributed by atoms with Gasteiger partial charge in [-0.05, 0) is 26.3 Å². The van der Waals surface area contributed by atoms with Crippen LogP contribution in [0, 0.1) is 6.92 Å². The summed E-state index contributed by atoms with van der Waals surface area (Å²) in [5.74, 6) is 1.16. The number of rotatable bonds is 2. The van der Waals surface area contributed by atoms with Crippen molar-refractivity contribution in [2.45, 2.75) is 26.8 Å². The predicted octanol–water partition coefficient (Wildman–Crippen LogP) is 2.42. The van der Waals surface area contributed by atoms with E-state index in [1.165, 1.54) is 0 Å². The van der Waals surface area contributed by atoms with Crippen LogP contribution in [-0.2, 0) is 0 Å². The molecule has 0 atom stereocenters. The Morgan fingerprint density at radius 2 is 1.94 bits per heavy atom. The Labute approximate surface area is 95.1 Å². The molecule has 0 amide bonds. The van der Waals surface area contributed by atoms with Gasteiger partial charge >= 0.3 is 0 Å². The number of aryl methyl sites for hydroxylation is 1. The van der Waals surface area contributed by atoms with Crippen molar-refractivity contribution in [1.29, 1.82) is 0 Å². The van der Waals surface area contributed by atoms with Gasteiger partial charge in [0.2, 0.25) is 5.95 Å². The van der Waals surface area contributed by atoms with Gasteiger partial charge < -0.3 is 5.73 Å². The van der Waals surface area contributed by atoms with E-state index in [0.717, 1.165) is 11.1 Å². The smallest absolute Gasteiger partial charge is 0.219 e. The van der Waals surface area contributed by atoms with Gasteiger partial charge in [-0.25, -0.2) is 4.68 Å². The van der Waals surface area contributed by atoms with Gasteiger partial charge in [0, 0.05) is 5.56 Å². The molecule has 2 rings (SSSR count). The minimum absolute atomic E-state index is 0.227. The van der Waals surface area contributed by atoms with Gasteiger partial charge in [0.05, 0.1) is 6.04 Å². The Bertz CT molecular complexity index is 499. The normalized spacial score (nSPS) is 11.0. The van der Waals surface area contributed by atoms with Gasteiger partial charge in [0.25, 0.3) is 0 Å². The molecule has 0 radical (unpaired) electrons. The second-order valence-corrected chi connectivity index (χ2v) is 4.15. The highest BCUT2D eigenvalue weighted by Gasteiger charge is 2.12. The number of benzene rings is 1. The van der Waals surface area contributed by atoms with Crippen LogP contribution < -0.4 is 5.73 Å². The SMILES string of the molecule is Cc1ccccc1-c1nc(N)n(C(C)C)n1. The summed E-state index contributed by atoms with van der Waals surface area (Å²) in [7, 11) is 0. The number of anilines is 1. The zero-order valence-corrected chi connectivity index (χ0v) is 9.81. The highest BCUT2D eigenvalue weighted by molar-refractivity contribution is 5.60. The molecule has 0 saturated carbocycles. The largest absolute Gasteiger partial charge is 0.368 e. The fourth-order valence-electron chi connectivity index (χ4n) is 1.65. The summed E-state index contributed by atoms with van der Waals surface area (Å²) >= 11 is 0. The molecule has 0 unspecified atom stereocenters. The second-order valence-electron chi connectivity index (χ2n) is 4.15. The van der Waals surface area contributed by atoms with Crippen LogP contribution in [0.15, 0.2) is 24.3 Å². The second kappa shape index (κ2) is 3.96. The Kier molecular flexibility index (Phi) is 2.64. The molecular weight excluding hydrogens is 200 g/mol. The Balaban J connectivity index is 2.50. The molecule has 0 bridgehead atoms. The fourth-order valence-corrected chi connectivity index (χ4v) is 1.65. The lowest BCUT2D eigenvalue weighted by Gasteiger charge is -2.04. The molecule has 4 heteroatoms. The Morgan fingerprint density at radius 3 is 2.50 bits per heavy atom. The van der Waals surface area contributed by atoms with E-state index < -0.39 is 0 Å². The maximum absolute atomic E-state index is 5.82. The van der Waals surface area contributed by atoms with E-state index in [4.69, 9.17) is 5.73 Å². The predicted molar refractivity (Wildman–Crippen MR) is 65.0 cm³/mol. The van der Waals surface area contributed by atoms with Crippen molar-refractivity contribution in [3.63, 3.8) is 0 Å². The molecule has 0 aliphatic carbocycles. The van der Waals surface area contributed by atoms with Crippen LogP contribution in [-0.4, -0.2) is 14.8 Å². The molecule has 0 aliphatic heterocycles. The third kappa shape index (κ3) is 1.78. The van der Waals surface area contributed by atoms with Crippen LogP contribution >= 0.6 is 0 Å². The molecule has 16 heavy (non-hydrogen) atoms. The van der Waals surface area contributed by atoms with Gasteiger partial charge in [-0.15, -0.1) is 5.10 Å². The number of hydrogen-bond donors (Lipinski definition) is 1. The number of hydrogen-bond acceptors (Lipinski definition) is 3. The van der Waals surface area contributed by atoms with E-state index in [1.54, 1.807) is 4.68 Å². The summed E-state index contributed by atoms with van der Waals surface area (Å²) < 4.78 is 1.74. The van der Waals surface area contributed by atoms with E-state index in [2.05, 4.69) is 10.1 Å². The van der Waals surface area contributed by atoms with Crippen LogP contribution in [0.2, 0.25) is 0 Å². The molecule has 1 aromatic heterocycles. The first-order chi connectivity index (χ1) is 7.59. The molecule has 0 spiro atoms. The van der Waals surface area contributed by atoms with Crippen LogP contribution in [0.3, 0.4) is 0 Å². The number of nitrogens with two attached hydrogens (primary N) is 1. The minimum atomic E-state index is 0.227. The first kappa shape index (κ1) is 10.7. The standard InChI is InChI=1S/C12H16N4/c1-8(2)16-12(13)14-11(15-16)10-7-5-4-6-9(10)3/h4-8H,1-3H3,(H2,13,14,15). The first-order valence-corrected chi connectivity index (χ1v) is 5.37. The minimum Gasteiger partial charge on any atom is -0.368 e. The molecule has 0 saturated heterocycles. The monoisotopic (exact) mass is 216 g/mol. The zero-order valence-electron chi connectivity index (χ0n) is 9.81. The van der Waals surface area contributed by atoms with Crippen LogP contribution in [0.25, 0.3) is 11.4 Å². The maximum Gasteiger partial charge on any atom is 0.219 e. The Hall–Kier alpha value is -1.84. The van der Waals surface area contributed by atoms with Crippen molar-refractivity contribution in [1.82, 2.24) is 14.8 Å². The van der Waals surface area contributed by atoms with Gasteiger partial charge in [0.1, 0.15) is 0 Å². The molecule has 0 fully saturated rings. The van der Waals surface area contributed by atoms with E-state index in [-0.39, 0.29) is 6.04 Å². The molecule has 0 aliphatic rings. The third-order valence-corrected chi connectivity index (χ3v) is 2.53. The average Bonchev–Trinajstić information content (AvgIpc) is 2.61. The fraction of sp³-hybridized carbons (Fsp3) is 0.333. The van der Waals surface area contributed by atoms with Crippen molar-refractivity contribution >= 4 is 5.95 Å².